The van der Waals surface area contributed by atoms with E-state index in [1.54, 1.807) is 21.3 Å². The predicted molar refractivity (Wildman–Crippen MR) is 100 cm³/mol. The highest BCUT2D eigenvalue weighted by atomic mass is 32.1. The van der Waals surface area contributed by atoms with Gasteiger partial charge in [-0.15, -0.1) is 0 Å². The van der Waals surface area contributed by atoms with Crippen molar-refractivity contribution in [2.45, 2.75) is 13.0 Å². The van der Waals surface area contributed by atoms with Crippen molar-refractivity contribution in [3.05, 3.63) is 48.0 Å². The van der Waals surface area contributed by atoms with Crippen LogP contribution in [0.2, 0.25) is 0 Å². The molecular weight excluding hydrogens is 324 g/mol. The lowest BCUT2D eigenvalue weighted by Gasteiger charge is -2.20. The van der Waals surface area contributed by atoms with Gasteiger partial charge in [0.2, 0.25) is 0 Å². The van der Waals surface area contributed by atoms with Crippen LogP contribution >= 0.6 is 12.2 Å². The third-order valence-corrected chi connectivity index (χ3v) is 3.83. The van der Waals surface area contributed by atoms with Crippen molar-refractivity contribution in [1.82, 2.24) is 5.32 Å². The molecule has 0 amide bonds. The average Bonchev–Trinajstić information content (AvgIpc) is 2.61. The van der Waals surface area contributed by atoms with Gasteiger partial charge in [0.15, 0.2) is 5.11 Å². The van der Waals surface area contributed by atoms with E-state index < -0.39 is 0 Å². The normalized spacial score (nSPS) is 11.3. The zero-order valence-corrected chi connectivity index (χ0v) is 15.1. The molecule has 24 heavy (non-hydrogen) atoms. The Morgan fingerprint density at radius 3 is 2.33 bits per heavy atom. The molecule has 0 radical (unpaired) electrons. The molecule has 0 aliphatic rings. The summed E-state index contributed by atoms with van der Waals surface area (Å²) in [6, 6.07) is 13.2. The molecule has 2 rings (SSSR count). The fraction of sp³-hybridized carbons (Fsp3) is 0.278. The molecule has 0 aromatic heterocycles. The van der Waals surface area contributed by atoms with Gasteiger partial charge in [0.1, 0.15) is 17.2 Å². The van der Waals surface area contributed by atoms with Gasteiger partial charge in [0.25, 0.3) is 0 Å². The van der Waals surface area contributed by atoms with Crippen LogP contribution in [0.3, 0.4) is 0 Å². The van der Waals surface area contributed by atoms with E-state index >= 15 is 0 Å². The lowest BCUT2D eigenvalue weighted by molar-refractivity contribution is 0.395. The number of thiocarbonyl (C=S) groups is 1. The highest BCUT2D eigenvalue weighted by Crippen LogP contribution is 2.29. The third-order valence-electron chi connectivity index (χ3n) is 3.61. The van der Waals surface area contributed by atoms with Gasteiger partial charge in [-0.05, 0) is 49.5 Å². The summed E-state index contributed by atoms with van der Waals surface area (Å²) in [5.74, 6) is 2.27. The highest BCUT2D eigenvalue weighted by Gasteiger charge is 2.14. The van der Waals surface area contributed by atoms with Crippen molar-refractivity contribution in [2.75, 3.05) is 26.6 Å². The minimum absolute atomic E-state index is 0.0650. The molecule has 128 valence electrons. The van der Waals surface area contributed by atoms with Gasteiger partial charge in [-0.3, -0.25) is 0 Å². The maximum atomic E-state index is 5.42. The number of rotatable bonds is 6. The van der Waals surface area contributed by atoms with Crippen LogP contribution in [0.15, 0.2) is 42.5 Å². The van der Waals surface area contributed by atoms with Crippen LogP contribution in [0.1, 0.15) is 18.5 Å². The molecule has 5 nitrogen and oxygen atoms in total. The van der Waals surface area contributed by atoms with E-state index in [9.17, 15) is 0 Å². The first-order valence-corrected chi connectivity index (χ1v) is 7.92. The SMILES string of the molecule is COc1ccc(OC)c(C(C)NC(=S)Nc2ccccc2OC)c1. The summed E-state index contributed by atoms with van der Waals surface area (Å²) in [7, 11) is 4.90. The fourth-order valence-electron chi connectivity index (χ4n) is 2.36. The highest BCUT2D eigenvalue weighted by molar-refractivity contribution is 7.80. The maximum absolute atomic E-state index is 5.42. The summed E-state index contributed by atoms with van der Waals surface area (Å²) in [4.78, 5) is 0. The number of methoxy groups -OCH3 is 3. The Kier molecular flexibility index (Phi) is 6.26. The van der Waals surface area contributed by atoms with Gasteiger partial charge >= 0.3 is 0 Å². The first-order valence-electron chi connectivity index (χ1n) is 7.51. The number of benzene rings is 2. The second kappa shape index (κ2) is 8.40. The zero-order valence-electron chi connectivity index (χ0n) is 14.3. The second-order valence-electron chi connectivity index (χ2n) is 5.13. The Labute approximate surface area is 147 Å². The predicted octanol–water partition coefficient (Wildman–Crippen LogP) is 3.76. The van der Waals surface area contributed by atoms with E-state index in [-0.39, 0.29) is 6.04 Å². The zero-order chi connectivity index (χ0) is 17.5. The molecule has 0 saturated heterocycles. The summed E-state index contributed by atoms with van der Waals surface area (Å²) in [6.45, 7) is 2.01. The van der Waals surface area contributed by atoms with Crippen LogP contribution in [0.5, 0.6) is 17.2 Å². The average molecular weight is 346 g/mol. The Hall–Kier alpha value is -2.47. The molecule has 0 heterocycles. The van der Waals surface area contributed by atoms with Gasteiger partial charge in [-0.2, -0.15) is 0 Å². The number of anilines is 1. The van der Waals surface area contributed by atoms with Gasteiger partial charge in [0, 0.05) is 5.56 Å². The van der Waals surface area contributed by atoms with E-state index in [1.807, 2.05) is 49.4 Å². The third kappa shape index (κ3) is 4.29. The molecular formula is C18H22N2O3S. The number of nitrogens with one attached hydrogen (secondary N) is 2. The van der Waals surface area contributed by atoms with Gasteiger partial charge in [-0.1, -0.05) is 12.1 Å². The number of ether oxygens (including phenoxy) is 3. The maximum Gasteiger partial charge on any atom is 0.171 e. The van der Waals surface area contributed by atoms with Crippen LogP contribution in [0.25, 0.3) is 0 Å². The Morgan fingerprint density at radius 2 is 1.67 bits per heavy atom. The number of para-hydroxylation sites is 2. The Bertz CT molecular complexity index is 706. The molecule has 1 atom stereocenters. The van der Waals surface area contributed by atoms with Gasteiger partial charge < -0.3 is 24.8 Å². The summed E-state index contributed by atoms with van der Waals surface area (Å²) in [5, 5.41) is 6.90. The minimum atomic E-state index is -0.0650. The van der Waals surface area contributed by atoms with Crippen LogP contribution < -0.4 is 24.8 Å². The topological polar surface area (TPSA) is 51.8 Å². The summed E-state index contributed by atoms with van der Waals surface area (Å²) < 4.78 is 16.0. The fourth-order valence-corrected chi connectivity index (χ4v) is 2.65. The summed E-state index contributed by atoms with van der Waals surface area (Å²) >= 11 is 5.41. The second-order valence-corrected chi connectivity index (χ2v) is 5.54. The Morgan fingerprint density at radius 1 is 0.958 bits per heavy atom. The molecule has 0 saturated carbocycles. The summed E-state index contributed by atoms with van der Waals surface area (Å²) in [6.07, 6.45) is 0. The van der Waals surface area contributed by atoms with Crippen molar-refractivity contribution < 1.29 is 14.2 Å². The molecule has 2 N–H and O–H groups in total. The first-order chi connectivity index (χ1) is 11.6. The monoisotopic (exact) mass is 346 g/mol. The van der Waals surface area contributed by atoms with Crippen LogP contribution in [-0.4, -0.2) is 26.4 Å². The lowest BCUT2D eigenvalue weighted by atomic mass is 10.1. The first kappa shape index (κ1) is 17.9. The molecule has 1 unspecified atom stereocenters. The van der Waals surface area contributed by atoms with Crippen molar-refractivity contribution in [1.29, 1.82) is 0 Å². The van der Waals surface area contributed by atoms with E-state index in [0.29, 0.717) is 5.11 Å². The largest absolute Gasteiger partial charge is 0.497 e. The van der Waals surface area contributed by atoms with E-state index in [4.69, 9.17) is 26.4 Å². The molecule has 2 aromatic rings. The standard InChI is InChI=1S/C18H22N2O3S/c1-12(14-11-13(21-2)9-10-16(14)22-3)19-18(24)20-15-7-5-6-8-17(15)23-4/h5-12H,1-4H3,(H2,19,20,24). The molecule has 0 bridgehead atoms. The number of hydrogen-bond donors (Lipinski definition) is 2. The minimum Gasteiger partial charge on any atom is -0.497 e. The van der Waals surface area contributed by atoms with Gasteiger partial charge in [-0.25, -0.2) is 0 Å². The van der Waals surface area contributed by atoms with Crippen LogP contribution in [0.4, 0.5) is 5.69 Å². The van der Waals surface area contributed by atoms with E-state index in [0.717, 1.165) is 28.5 Å². The molecule has 0 fully saturated rings. The quantitative estimate of drug-likeness (QED) is 0.777. The van der Waals surface area contributed by atoms with Crippen LogP contribution in [0, 0.1) is 0 Å². The van der Waals surface area contributed by atoms with Gasteiger partial charge in [0.05, 0.1) is 33.1 Å². The molecule has 0 aliphatic carbocycles. The Balaban J connectivity index is 2.11. The molecule has 0 spiro atoms. The van der Waals surface area contributed by atoms with Crippen molar-refractivity contribution >= 4 is 23.0 Å². The van der Waals surface area contributed by atoms with E-state index in [1.165, 1.54) is 0 Å². The van der Waals surface area contributed by atoms with Crippen LogP contribution in [-0.2, 0) is 0 Å². The van der Waals surface area contributed by atoms with Crippen molar-refractivity contribution in [3.8, 4) is 17.2 Å². The van der Waals surface area contributed by atoms with Crippen molar-refractivity contribution in [2.24, 2.45) is 0 Å². The summed E-state index contributed by atoms with van der Waals surface area (Å²) in [5.41, 5.74) is 1.77. The molecule has 0 aliphatic heterocycles. The smallest absolute Gasteiger partial charge is 0.171 e. The lowest BCUT2D eigenvalue weighted by Crippen LogP contribution is -2.31. The molecule has 2 aromatic carbocycles. The van der Waals surface area contributed by atoms with E-state index in [2.05, 4.69) is 10.6 Å². The molecule has 6 heteroatoms. The number of hydrogen-bond acceptors (Lipinski definition) is 4. The van der Waals surface area contributed by atoms with Crippen molar-refractivity contribution in [3.63, 3.8) is 0 Å².